The Balaban J connectivity index is 1.42. The second-order valence-electron chi connectivity index (χ2n) is 8.52. The molecular formula is C22H27FN2O. The van der Waals surface area contributed by atoms with E-state index in [1.807, 2.05) is 12.1 Å². The zero-order chi connectivity index (χ0) is 17.7. The van der Waals surface area contributed by atoms with Crippen LogP contribution in [-0.2, 0) is 4.79 Å². The number of carbonyl (C=O) groups excluding carboxylic acids is 1. The first-order valence-electron chi connectivity index (χ1n) is 10.2. The highest BCUT2D eigenvalue weighted by atomic mass is 19.1. The van der Waals surface area contributed by atoms with E-state index >= 15 is 0 Å². The van der Waals surface area contributed by atoms with E-state index in [9.17, 15) is 9.18 Å². The summed E-state index contributed by atoms with van der Waals surface area (Å²) in [6.45, 7) is 3.42. The summed E-state index contributed by atoms with van der Waals surface area (Å²) in [6, 6.07) is 7.67. The third kappa shape index (κ3) is 2.70. The van der Waals surface area contributed by atoms with Gasteiger partial charge in [0, 0.05) is 24.2 Å². The van der Waals surface area contributed by atoms with Crippen LogP contribution in [0.2, 0.25) is 0 Å². The molecule has 4 heteroatoms. The minimum absolute atomic E-state index is 0.201. The van der Waals surface area contributed by atoms with E-state index in [0.717, 1.165) is 30.5 Å². The van der Waals surface area contributed by atoms with Crippen LogP contribution in [0, 0.1) is 17.7 Å². The number of amides is 1. The first kappa shape index (κ1) is 16.5. The molecule has 0 aromatic heterocycles. The Labute approximate surface area is 154 Å². The van der Waals surface area contributed by atoms with Crippen molar-refractivity contribution in [2.75, 3.05) is 19.6 Å². The summed E-state index contributed by atoms with van der Waals surface area (Å²) in [5.41, 5.74) is 1.65. The van der Waals surface area contributed by atoms with Gasteiger partial charge in [0.2, 0.25) is 5.91 Å². The van der Waals surface area contributed by atoms with Crippen molar-refractivity contribution in [3.63, 3.8) is 0 Å². The van der Waals surface area contributed by atoms with Crippen molar-refractivity contribution in [3.8, 4) is 0 Å². The number of hydrogen-bond donors (Lipinski definition) is 0. The molecule has 1 aromatic carbocycles. The average molecular weight is 354 g/mol. The Hall–Kier alpha value is -1.68. The van der Waals surface area contributed by atoms with E-state index in [-0.39, 0.29) is 11.7 Å². The summed E-state index contributed by atoms with van der Waals surface area (Å²) in [5, 5.41) is 0. The average Bonchev–Trinajstić information content (AvgIpc) is 2.65. The summed E-state index contributed by atoms with van der Waals surface area (Å²) in [5.74, 6) is 1.25. The molecule has 4 fully saturated rings. The predicted molar refractivity (Wildman–Crippen MR) is 99.9 cm³/mol. The smallest absolute Gasteiger partial charge is 0.250 e. The van der Waals surface area contributed by atoms with Gasteiger partial charge in [-0.3, -0.25) is 9.69 Å². The minimum atomic E-state index is -0.245. The van der Waals surface area contributed by atoms with Crippen LogP contribution in [0.1, 0.15) is 44.1 Å². The second-order valence-corrected chi connectivity index (χ2v) is 8.52. The number of fused-ring (bicyclic) bond motifs is 2. The molecule has 4 unspecified atom stereocenters. The van der Waals surface area contributed by atoms with Gasteiger partial charge in [0.15, 0.2) is 0 Å². The fourth-order valence-electron chi connectivity index (χ4n) is 6.12. The fourth-order valence-corrected chi connectivity index (χ4v) is 6.12. The lowest BCUT2D eigenvalue weighted by molar-refractivity contribution is -0.145. The largest absolute Gasteiger partial charge is 0.335 e. The van der Waals surface area contributed by atoms with Crippen LogP contribution >= 0.6 is 0 Å². The van der Waals surface area contributed by atoms with E-state index in [2.05, 4.69) is 9.80 Å². The van der Waals surface area contributed by atoms with Crippen LogP contribution in [0.4, 0.5) is 4.39 Å². The predicted octanol–water partition coefficient (Wildman–Crippen LogP) is 3.70. The fraction of sp³-hybridized carbons (Fsp3) is 0.591. The zero-order valence-corrected chi connectivity index (χ0v) is 15.2. The maximum atomic E-state index is 13.5. The molecule has 1 aromatic rings. The van der Waals surface area contributed by atoms with Gasteiger partial charge in [-0.1, -0.05) is 12.1 Å². The molecule has 4 heterocycles. The van der Waals surface area contributed by atoms with E-state index in [1.54, 1.807) is 6.07 Å². The van der Waals surface area contributed by atoms with Crippen molar-refractivity contribution < 1.29 is 9.18 Å². The first-order chi connectivity index (χ1) is 12.7. The zero-order valence-electron chi connectivity index (χ0n) is 15.2. The molecule has 4 aliphatic rings. The summed E-state index contributed by atoms with van der Waals surface area (Å²) in [4.78, 5) is 18.1. The topological polar surface area (TPSA) is 23.6 Å². The number of rotatable bonds is 1. The number of benzene rings is 1. The minimum Gasteiger partial charge on any atom is -0.335 e. The Morgan fingerprint density at radius 2 is 1.96 bits per heavy atom. The number of carbonyl (C=O) groups is 1. The standard InChI is InChI=1S/C22H27FN2O/c23-18-6-1-4-15(13-18)12-16-8-9-20-19-7-3-11-24-10-2-5-17(21(19)24)14-25(20)22(16)26/h1,4,6,12-13,17,19-21H,2-3,5,7-11,14H2/b16-12+. The molecule has 3 nitrogen and oxygen atoms in total. The van der Waals surface area contributed by atoms with Gasteiger partial charge in [-0.05, 0) is 87.2 Å². The molecule has 0 spiro atoms. The summed E-state index contributed by atoms with van der Waals surface area (Å²) < 4.78 is 13.5. The van der Waals surface area contributed by atoms with Crippen LogP contribution in [0.15, 0.2) is 29.8 Å². The molecule has 0 aliphatic carbocycles. The van der Waals surface area contributed by atoms with Gasteiger partial charge in [0.25, 0.3) is 0 Å². The van der Waals surface area contributed by atoms with Crippen LogP contribution in [0.25, 0.3) is 6.08 Å². The molecule has 1 amide bonds. The van der Waals surface area contributed by atoms with Crippen LogP contribution in [-0.4, -0.2) is 47.4 Å². The normalized spacial score (nSPS) is 36.0. The van der Waals surface area contributed by atoms with Crippen molar-refractivity contribution in [2.45, 2.75) is 50.6 Å². The number of piperidine rings is 4. The molecule has 0 bridgehead atoms. The highest BCUT2D eigenvalue weighted by Crippen LogP contribution is 2.45. The number of halogens is 1. The monoisotopic (exact) mass is 354 g/mol. The Morgan fingerprint density at radius 1 is 1.12 bits per heavy atom. The van der Waals surface area contributed by atoms with Gasteiger partial charge in [-0.15, -0.1) is 0 Å². The lowest BCUT2D eigenvalue weighted by Crippen LogP contribution is -2.66. The van der Waals surface area contributed by atoms with Crippen LogP contribution < -0.4 is 0 Å². The molecule has 4 atom stereocenters. The SMILES string of the molecule is O=C1/C(=C/c2cccc(F)c2)CCC2C3CCCN4CCCC(CN12)C34. The molecule has 4 saturated heterocycles. The third-order valence-corrected chi connectivity index (χ3v) is 7.11. The van der Waals surface area contributed by atoms with Crippen molar-refractivity contribution in [3.05, 3.63) is 41.2 Å². The third-order valence-electron chi connectivity index (χ3n) is 7.11. The Morgan fingerprint density at radius 3 is 2.81 bits per heavy atom. The molecule has 4 aliphatic heterocycles. The summed E-state index contributed by atoms with van der Waals surface area (Å²) in [7, 11) is 0. The Bertz CT molecular complexity index is 743. The number of nitrogens with zero attached hydrogens (tertiary/aromatic N) is 2. The van der Waals surface area contributed by atoms with E-state index in [1.165, 1.54) is 50.9 Å². The molecule has 5 rings (SSSR count). The maximum Gasteiger partial charge on any atom is 0.250 e. The lowest BCUT2D eigenvalue weighted by atomic mass is 9.67. The van der Waals surface area contributed by atoms with Gasteiger partial charge in [-0.25, -0.2) is 4.39 Å². The molecule has 0 saturated carbocycles. The molecule has 0 N–H and O–H groups in total. The van der Waals surface area contributed by atoms with Gasteiger partial charge >= 0.3 is 0 Å². The highest BCUT2D eigenvalue weighted by Gasteiger charge is 2.51. The summed E-state index contributed by atoms with van der Waals surface area (Å²) in [6.07, 6.45) is 8.87. The van der Waals surface area contributed by atoms with Gasteiger partial charge < -0.3 is 4.90 Å². The molecule has 138 valence electrons. The van der Waals surface area contributed by atoms with Crippen molar-refractivity contribution in [2.24, 2.45) is 11.8 Å². The number of hydrogen-bond acceptors (Lipinski definition) is 2. The maximum absolute atomic E-state index is 13.5. The summed E-state index contributed by atoms with van der Waals surface area (Å²) >= 11 is 0. The van der Waals surface area contributed by atoms with Gasteiger partial charge in [0.05, 0.1) is 0 Å². The van der Waals surface area contributed by atoms with E-state index < -0.39 is 0 Å². The quantitative estimate of drug-likeness (QED) is 0.718. The molecule has 26 heavy (non-hydrogen) atoms. The van der Waals surface area contributed by atoms with Crippen molar-refractivity contribution in [1.82, 2.24) is 9.80 Å². The Kier molecular flexibility index (Phi) is 4.11. The second kappa shape index (κ2) is 6.49. The lowest BCUT2D eigenvalue weighted by Gasteiger charge is -2.58. The van der Waals surface area contributed by atoms with Crippen molar-refractivity contribution in [1.29, 1.82) is 0 Å². The van der Waals surface area contributed by atoms with E-state index in [0.29, 0.717) is 23.9 Å². The molecule has 0 radical (unpaired) electrons. The van der Waals surface area contributed by atoms with Crippen molar-refractivity contribution >= 4 is 12.0 Å². The van der Waals surface area contributed by atoms with Crippen LogP contribution in [0.3, 0.4) is 0 Å². The first-order valence-corrected chi connectivity index (χ1v) is 10.2. The van der Waals surface area contributed by atoms with Crippen LogP contribution in [0.5, 0.6) is 0 Å². The van der Waals surface area contributed by atoms with Gasteiger partial charge in [0.1, 0.15) is 5.82 Å². The molecular weight excluding hydrogens is 327 g/mol. The van der Waals surface area contributed by atoms with E-state index in [4.69, 9.17) is 0 Å². The van der Waals surface area contributed by atoms with Gasteiger partial charge in [-0.2, -0.15) is 0 Å². The highest BCUT2D eigenvalue weighted by molar-refractivity contribution is 5.98.